The Kier molecular flexibility index (Phi) is 4.14. The van der Waals surface area contributed by atoms with Crippen molar-refractivity contribution in [2.75, 3.05) is 26.3 Å². The molecule has 2 heterocycles. The van der Waals surface area contributed by atoms with E-state index >= 15 is 0 Å². The SMILES string of the molecule is Cc1ccsc1CNCC1COCCN1. The van der Waals surface area contributed by atoms with Gasteiger partial charge in [0.1, 0.15) is 0 Å². The van der Waals surface area contributed by atoms with E-state index in [1.807, 2.05) is 11.3 Å². The van der Waals surface area contributed by atoms with Gasteiger partial charge in [0.25, 0.3) is 0 Å². The van der Waals surface area contributed by atoms with Crippen LogP contribution in [0.4, 0.5) is 0 Å². The van der Waals surface area contributed by atoms with E-state index in [2.05, 4.69) is 29.0 Å². The molecule has 0 aromatic carbocycles. The Labute approximate surface area is 94.8 Å². The van der Waals surface area contributed by atoms with Gasteiger partial charge in [0, 0.05) is 30.6 Å². The summed E-state index contributed by atoms with van der Waals surface area (Å²) in [5, 5.41) is 9.04. The topological polar surface area (TPSA) is 33.3 Å². The monoisotopic (exact) mass is 226 g/mol. The van der Waals surface area contributed by atoms with Gasteiger partial charge in [-0.1, -0.05) is 0 Å². The second-order valence-electron chi connectivity index (χ2n) is 3.88. The highest BCUT2D eigenvalue weighted by molar-refractivity contribution is 7.10. The summed E-state index contributed by atoms with van der Waals surface area (Å²) >= 11 is 1.82. The lowest BCUT2D eigenvalue weighted by Gasteiger charge is -2.23. The molecule has 3 nitrogen and oxygen atoms in total. The van der Waals surface area contributed by atoms with Crippen LogP contribution in [0.5, 0.6) is 0 Å². The predicted molar refractivity (Wildman–Crippen MR) is 63.4 cm³/mol. The molecule has 0 spiro atoms. The van der Waals surface area contributed by atoms with Gasteiger partial charge in [-0.05, 0) is 23.9 Å². The van der Waals surface area contributed by atoms with Crippen molar-refractivity contribution < 1.29 is 4.74 Å². The van der Waals surface area contributed by atoms with Gasteiger partial charge in [0.15, 0.2) is 0 Å². The number of hydrogen-bond donors (Lipinski definition) is 2. The fourth-order valence-electron chi connectivity index (χ4n) is 1.70. The first-order valence-corrected chi connectivity index (χ1v) is 6.29. The average Bonchev–Trinajstić information content (AvgIpc) is 2.66. The number of aryl methyl sites for hydroxylation is 1. The smallest absolute Gasteiger partial charge is 0.0632 e. The number of morpholine rings is 1. The van der Waals surface area contributed by atoms with Crippen molar-refractivity contribution in [3.63, 3.8) is 0 Å². The molecule has 1 aliphatic heterocycles. The number of thiophene rings is 1. The van der Waals surface area contributed by atoms with Crippen LogP contribution in [0.2, 0.25) is 0 Å². The molecular formula is C11H18N2OS. The minimum Gasteiger partial charge on any atom is -0.378 e. The summed E-state index contributed by atoms with van der Waals surface area (Å²) in [6, 6.07) is 2.64. The van der Waals surface area contributed by atoms with Crippen LogP contribution in [-0.2, 0) is 11.3 Å². The van der Waals surface area contributed by atoms with Crippen molar-refractivity contribution in [2.24, 2.45) is 0 Å². The van der Waals surface area contributed by atoms with Crippen molar-refractivity contribution >= 4 is 11.3 Å². The third-order valence-electron chi connectivity index (χ3n) is 2.64. The highest BCUT2D eigenvalue weighted by Gasteiger charge is 2.12. The Morgan fingerprint density at radius 3 is 3.27 bits per heavy atom. The molecule has 0 aliphatic carbocycles. The van der Waals surface area contributed by atoms with Crippen molar-refractivity contribution in [2.45, 2.75) is 19.5 Å². The maximum Gasteiger partial charge on any atom is 0.0632 e. The highest BCUT2D eigenvalue weighted by Crippen LogP contribution is 2.14. The van der Waals surface area contributed by atoms with Gasteiger partial charge in [-0.15, -0.1) is 11.3 Å². The largest absolute Gasteiger partial charge is 0.378 e. The van der Waals surface area contributed by atoms with E-state index in [9.17, 15) is 0 Å². The van der Waals surface area contributed by atoms with Gasteiger partial charge < -0.3 is 15.4 Å². The lowest BCUT2D eigenvalue weighted by molar-refractivity contribution is 0.0766. The van der Waals surface area contributed by atoms with Crippen LogP contribution in [0.15, 0.2) is 11.4 Å². The summed E-state index contributed by atoms with van der Waals surface area (Å²) in [5.74, 6) is 0. The maximum absolute atomic E-state index is 5.39. The van der Waals surface area contributed by atoms with Crippen molar-refractivity contribution in [1.29, 1.82) is 0 Å². The molecule has 1 saturated heterocycles. The maximum atomic E-state index is 5.39. The molecule has 0 radical (unpaired) electrons. The molecule has 0 saturated carbocycles. The molecule has 2 rings (SSSR count). The Bertz CT molecular complexity index is 295. The van der Waals surface area contributed by atoms with E-state index < -0.39 is 0 Å². The molecule has 1 fully saturated rings. The minimum absolute atomic E-state index is 0.471. The van der Waals surface area contributed by atoms with Gasteiger partial charge in [-0.2, -0.15) is 0 Å². The lowest BCUT2D eigenvalue weighted by atomic mass is 10.2. The molecule has 1 aromatic rings. The molecule has 2 N–H and O–H groups in total. The first-order chi connectivity index (χ1) is 7.36. The van der Waals surface area contributed by atoms with Gasteiger partial charge >= 0.3 is 0 Å². The van der Waals surface area contributed by atoms with Gasteiger partial charge in [-0.25, -0.2) is 0 Å². The Morgan fingerprint density at radius 1 is 1.67 bits per heavy atom. The third-order valence-corrected chi connectivity index (χ3v) is 3.67. The van der Waals surface area contributed by atoms with Crippen LogP contribution >= 0.6 is 11.3 Å². The zero-order valence-corrected chi connectivity index (χ0v) is 9.90. The highest BCUT2D eigenvalue weighted by atomic mass is 32.1. The van der Waals surface area contributed by atoms with Crippen molar-refractivity contribution in [3.05, 3.63) is 21.9 Å². The molecule has 84 valence electrons. The van der Waals surface area contributed by atoms with Gasteiger partial charge in [0.05, 0.1) is 13.2 Å². The van der Waals surface area contributed by atoms with E-state index in [1.54, 1.807) is 0 Å². The van der Waals surface area contributed by atoms with Crippen LogP contribution in [0.3, 0.4) is 0 Å². The number of nitrogens with one attached hydrogen (secondary N) is 2. The molecule has 15 heavy (non-hydrogen) atoms. The standard InChI is InChI=1S/C11H18N2OS/c1-9-2-5-15-11(9)7-12-6-10-8-14-4-3-13-10/h2,5,10,12-13H,3-4,6-8H2,1H3. The Morgan fingerprint density at radius 2 is 2.60 bits per heavy atom. The summed E-state index contributed by atoms with van der Waals surface area (Å²) in [6.07, 6.45) is 0. The second-order valence-corrected chi connectivity index (χ2v) is 4.88. The zero-order chi connectivity index (χ0) is 10.5. The van der Waals surface area contributed by atoms with E-state index in [0.717, 1.165) is 32.8 Å². The fraction of sp³-hybridized carbons (Fsp3) is 0.636. The van der Waals surface area contributed by atoms with Crippen LogP contribution in [0.1, 0.15) is 10.4 Å². The Hall–Kier alpha value is -0.420. The predicted octanol–water partition coefficient (Wildman–Crippen LogP) is 1.13. The van der Waals surface area contributed by atoms with Crippen LogP contribution in [-0.4, -0.2) is 32.3 Å². The number of rotatable bonds is 4. The molecule has 1 aromatic heterocycles. The van der Waals surface area contributed by atoms with Gasteiger partial charge in [0.2, 0.25) is 0 Å². The van der Waals surface area contributed by atoms with Crippen molar-refractivity contribution in [3.8, 4) is 0 Å². The summed E-state index contributed by atoms with van der Waals surface area (Å²) in [4.78, 5) is 1.44. The van der Waals surface area contributed by atoms with Crippen LogP contribution in [0.25, 0.3) is 0 Å². The third kappa shape index (κ3) is 3.28. The normalized spacial score (nSPS) is 21.8. The van der Waals surface area contributed by atoms with Gasteiger partial charge in [-0.3, -0.25) is 0 Å². The minimum atomic E-state index is 0.471. The molecule has 0 bridgehead atoms. The first kappa shape index (κ1) is 11.1. The van der Waals surface area contributed by atoms with E-state index in [1.165, 1.54) is 10.4 Å². The average molecular weight is 226 g/mol. The van der Waals surface area contributed by atoms with E-state index in [0.29, 0.717) is 6.04 Å². The van der Waals surface area contributed by atoms with Crippen molar-refractivity contribution in [1.82, 2.24) is 10.6 Å². The lowest BCUT2D eigenvalue weighted by Crippen LogP contribution is -2.47. The number of ether oxygens (including phenoxy) is 1. The van der Waals surface area contributed by atoms with E-state index in [4.69, 9.17) is 4.74 Å². The molecular weight excluding hydrogens is 208 g/mol. The number of hydrogen-bond acceptors (Lipinski definition) is 4. The summed E-state index contributed by atoms with van der Waals surface area (Å²) in [5.41, 5.74) is 1.39. The summed E-state index contributed by atoms with van der Waals surface area (Å²) in [6.45, 7) is 6.77. The molecule has 1 unspecified atom stereocenters. The first-order valence-electron chi connectivity index (χ1n) is 5.41. The molecule has 1 aliphatic rings. The molecule has 1 atom stereocenters. The summed E-state index contributed by atoms with van der Waals surface area (Å²) in [7, 11) is 0. The van der Waals surface area contributed by atoms with E-state index in [-0.39, 0.29) is 0 Å². The quantitative estimate of drug-likeness (QED) is 0.807. The Balaban J connectivity index is 1.68. The summed E-state index contributed by atoms with van der Waals surface area (Å²) < 4.78 is 5.39. The molecule has 0 amide bonds. The second kappa shape index (κ2) is 5.61. The molecule has 4 heteroatoms. The fourth-order valence-corrected chi connectivity index (χ4v) is 2.57. The van der Waals surface area contributed by atoms with Crippen LogP contribution < -0.4 is 10.6 Å². The van der Waals surface area contributed by atoms with Crippen LogP contribution in [0, 0.1) is 6.92 Å². The zero-order valence-electron chi connectivity index (χ0n) is 9.08.